The standard InChI is InChI=1S/C6H10NP/c1-5-3-4-8(2)6(5)7/h3-4H,7H2,1-2H3. The van der Waals surface area contributed by atoms with Gasteiger partial charge < -0.3 is 5.73 Å². The summed E-state index contributed by atoms with van der Waals surface area (Å²) in [6, 6.07) is 2.10. The molecule has 2 N–H and O–H groups in total. The molecule has 0 aromatic carbocycles. The highest BCUT2D eigenvalue weighted by atomic mass is 31.1. The van der Waals surface area contributed by atoms with Gasteiger partial charge in [0.05, 0.1) is 5.42 Å². The van der Waals surface area contributed by atoms with Crippen molar-refractivity contribution in [2.45, 2.75) is 6.92 Å². The maximum Gasteiger partial charge on any atom is 0.0535 e. The molecule has 1 heterocycles. The Hall–Kier alpha value is -0.420. The number of hydrogen-bond acceptors (Lipinski definition) is 1. The normalized spacial score (nSPS) is 12.0. The fourth-order valence-corrected chi connectivity index (χ4v) is 1.91. The quantitative estimate of drug-likeness (QED) is 0.567. The van der Waals surface area contributed by atoms with Gasteiger partial charge in [0, 0.05) is 0 Å². The SMILES string of the molecule is Cc1ccp(C)c1N. The monoisotopic (exact) mass is 127 g/mol. The number of nitrogen functional groups attached to an aromatic ring is 1. The van der Waals surface area contributed by atoms with Crippen LogP contribution in [0.5, 0.6) is 0 Å². The number of aryl methyl sites for hydroxylation is 2. The summed E-state index contributed by atoms with van der Waals surface area (Å²) < 4.78 is 0. The third kappa shape index (κ3) is 0.740. The van der Waals surface area contributed by atoms with Crippen molar-refractivity contribution in [3.05, 3.63) is 17.4 Å². The molecule has 0 aliphatic rings. The molecule has 1 aromatic rings. The molecule has 0 spiro atoms. The van der Waals surface area contributed by atoms with Gasteiger partial charge in [0.25, 0.3) is 0 Å². The van der Waals surface area contributed by atoms with Gasteiger partial charge in [-0.25, -0.2) is 0 Å². The summed E-state index contributed by atoms with van der Waals surface area (Å²) >= 11 is 0. The van der Waals surface area contributed by atoms with Crippen LogP contribution in [0.25, 0.3) is 0 Å². The van der Waals surface area contributed by atoms with Crippen LogP contribution in [-0.2, 0) is 6.66 Å². The average Bonchev–Trinajstić information content (AvgIpc) is 1.98. The van der Waals surface area contributed by atoms with E-state index in [2.05, 4.69) is 25.5 Å². The van der Waals surface area contributed by atoms with E-state index in [9.17, 15) is 0 Å². The Labute approximate surface area is 50.6 Å². The molecule has 0 saturated heterocycles. The molecule has 2 heteroatoms. The maximum atomic E-state index is 5.67. The molecule has 0 bridgehead atoms. The molecular formula is C6H10NP. The van der Waals surface area contributed by atoms with Crippen molar-refractivity contribution in [2.24, 2.45) is 6.66 Å². The van der Waals surface area contributed by atoms with Crippen molar-refractivity contribution >= 4 is 13.0 Å². The van der Waals surface area contributed by atoms with Crippen LogP contribution in [0.4, 0.5) is 5.42 Å². The predicted molar refractivity (Wildman–Crippen MR) is 39.3 cm³/mol. The van der Waals surface area contributed by atoms with Crippen LogP contribution in [0.2, 0.25) is 0 Å². The summed E-state index contributed by atoms with van der Waals surface area (Å²) in [4.78, 5) is 0. The zero-order valence-corrected chi connectivity index (χ0v) is 6.07. The van der Waals surface area contributed by atoms with E-state index in [4.69, 9.17) is 5.73 Å². The fraction of sp³-hybridized carbons (Fsp3) is 0.333. The third-order valence-corrected chi connectivity index (χ3v) is 3.04. The van der Waals surface area contributed by atoms with E-state index in [0.29, 0.717) is 0 Å². The summed E-state index contributed by atoms with van der Waals surface area (Å²) in [5.74, 6) is 2.18. The molecule has 44 valence electrons. The van der Waals surface area contributed by atoms with Gasteiger partial charge in [-0.1, -0.05) is 6.07 Å². The van der Waals surface area contributed by atoms with Crippen molar-refractivity contribution in [1.29, 1.82) is 0 Å². The molecule has 0 fully saturated rings. The van der Waals surface area contributed by atoms with E-state index in [0.717, 1.165) is 5.42 Å². The highest BCUT2D eigenvalue weighted by Gasteiger charge is 1.94. The second-order valence-corrected chi connectivity index (χ2v) is 4.00. The van der Waals surface area contributed by atoms with Crippen LogP contribution in [0.1, 0.15) is 5.56 Å². The lowest BCUT2D eigenvalue weighted by molar-refractivity contribution is 1.55. The molecule has 0 amide bonds. The number of anilines is 1. The lowest BCUT2D eigenvalue weighted by atomic mass is 10.4. The molecule has 0 radical (unpaired) electrons. The van der Waals surface area contributed by atoms with Gasteiger partial charge in [-0.05, 0) is 25.0 Å². The second-order valence-electron chi connectivity index (χ2n) is 1.99. The number of rotatable bonds is 0. The van der Waals surface area contributed by atoms with E-state index in [1.807, 2.05) is 0 Å². The molecule has 1 aromatic heterocycles. The van der Waals surface area contributed by atoms with E-state index < -0.39 is 0 Å². The van der Waals surface area contributed by atoms with Gasteiger partial charge in [-0.3, -0.25) is 0 Å². The van der Waals surface area contributed by atoms with Crippen LogP contribution in [0.15, 0.2) is 11.9 Å². The summed E-state index contributed by atoms with van der Waals surface area (Å²) in [7, 11) is -0.0887. The predicted octanol–water partition coefficient (Wildman–Crippen LogP) is 2.10. The molecule has 1 atom stereocenters. The van der Waals surface area contributed by atoms with E-state index in [1.165, 1.54) is 5.56 Å². The Balaban J connectivity index is 3.19. The Morgan fingerprint density at radius 2 is 2.25 bits per heavy atom. The minimum absolute atomic E-state index is 0.0887. The van der Waals surface area contributed by atoms with Crippen LogP contribution in [-0.4, -0.2) is 0 Å². The van der Waals surface area contributed by atoms with E-state index in [1.54, 1.807) is 0 Å². The molecule has 0 aliphatic carbocycles. The first kappa shape index (κ1) is 5.71. The lowest BCUT2D eigenvalue weighted by Crippen LogP contribution is -1.80. The molecule has 1 unspecified atom stereocenters. The average molecular weight is 127 g/mol. The van der Waals surface area contributed by atoms with Crippen molar-refractivity contribution < 1.29 is 0 Å². The summed E-state index contributed by atoms with van der Waals surface area (Å²) in [5, 5.41) is 0. The van der Waals surface area contributed by atoms with Crippen LogP contribution in [0.3, 0.4) is 0 Å². The maximum absolute atomic E-state index is 5.67. The third-order valence-electron chi connectivity index (χ3n) is 1.33. The first-order chi connectivity index (χ1) is 3.72. The number of hydrogen-bond donors (Lipinski definition) is 1. The molecule has 8 heavy (non-hydrogen) atoms. The molecular weight excluding hydrogens is 117 g/mol. The van der Waals surface area contributed by atoms with Crippen molar-refractivity contribution in [3.8, 4) is 0 Å². The first-order valence-electron chi connectivity index (χ1n) is 2.59. The minimum atomic E-state index is -0.0887. The van der Waals surface area contributed by atoms with Gasteiger partial charge in [0.1, 0.15) is 0 Å². The van der Waals surface area contributed by atoms with Crippen LogP contribution < -0.4 is 5.73 Å². The molecule has 0 aliphatic heterocycles. The van der Waals surface area contributed by atoms with Crippen molar-refractivity contribution in [1.82, 2.24) is 0 Å². The van der Waals surface area contributed by atoms with Crippen molar-refractivity contribution in [2.75, 3.05) is 5.73 Å². The van der Waals surface area contributed by atoms with E-state index >= 15 is 0 Å². The van der Waals surface area contributed by atoms with Gasteiger partial charge >= 0.3 is 0 Å². The minimum Gasteiger partial charge on any atom is -0.395 e. The van der Waals surface area contributed by atoms with Gasteiger partial charge in [0.15, 0.2) is 0 Å². The van der Waals surface area contributed by atoms with Gasteiger partial charge in [-0.2, -0.15) is 0 Å². The Kier molecular flexibility index (Phi) is 1.31. The molecule has 1 rings (SSSR count). The summed E-state index contributed by atoms with van der Waals surface area (Å²) in [6.45, 7) is 4.22. The lowest BCUT2D eigenvalue weighted by Gasteiger charge is -1.89. The van der Waals surface area contributed by atoms with Gasteiger partial charge in [0.2, 0.25) is 0 Å². The Bertz CT molecular complexity index is 171. The van der Waals surface area contributed by atoms with Crippen LogP contribution in [0, 0.1) is 6.92 Å². The second kappa shape index (κ2) is 1.83. The smallest absolute Gasteiger partial charge is 0.0535 e. The molecule has 1 nitrogen and oxygen atoms in total. The Morgan fingerprint density at radius 1 is 1.62 bits per heavy atom. The topological polar surface area (TPSA) is 26.0 Å². The molecule has 0 saturated carbocycles. The fourth-order valence-electron chi connectivity index (χ4n) is 0.667. The van der Waals surface area contributed by atoms with Gasteiger partial charge in [-0.15, -0.1) is 7.53 Å². The number of nitrogens with two attached hydrogens (primary N) is 1. The Morgan fingerprint density at radius 3 is 2.38 bits per heavy atom. The summed E-state index contributed by atoms with van der Waals surface area (Å²) in [5.41, 5.74) is 8.00. The van der Waals surface area contributed by atoms with Crippen molar-refractivity contribution in [3.63, 3.8) is 0 Å². The highest BCUT2D eigenvalue weighted by molar-refractivity contribution is 7.51. The summed E-state index contributed by atoms with van der Waals surface area (Å²) in [6.07, 6.45) is 0. The zero-order valence-electron chi connectivity index (χ0n) is 5.18. The van der Waals surface area contributed by atoms with Crippen LogP contribution >= 0.6 is 7.53 Å². The zero-order chi connectivity index (χ0) is 6.15. The largest absolute Gasteiger partial charge is 0.395 e. The van der Waals surface area contributed by atoms with E-state index in [-0.39, 0.29) is 7.53 Å². The highest BCUT2D eigenvalue weighted by Crippen LogP contribution is 2.35. The first-order valence-corrected chi connectivity index (χ1v) is 4.45.